The Morgan fingerprint density at radius 1 is 1.21 bits per heavy atom. The van der Waals surface area contributed by atoms with Gasteiger partial charge >= 0.3 is 0 Å². The number of hydrogen-bond donors (Lipinski definition) is 2. The van der Waals surface area contributed by atoms with Crippen LogP contribution in [0.4, 0.5) is 5.82 Å². The molecule has 2 N–H and O–H groups in total. The zero-order valence-electron chi connectivity index (χ0n) is 19.4. The fourth-order valence-electron chi connectivity index (χ4n) is 4.51. The van der Waals surface area contributed by atoms with Gasteiger partial charge in [0.05, 0.1) is 23.5 Å². The Labute approximate surface area is 204 Å². The first-order valence-electron chi connectivity index (χ1n) is 11.6. The van der Waals surface area contributed by atoms with Gasteiger partial charge in [0.15, 0.2) is 10.8 Å². The van der Waals surface area contributed by atoms with E-state index >= 15 is 0 Å². The van der Waals surface area contributed by atoms with Crippen LogP contribution in [0.3, 0.4) is 0 Å². The van der Waals surface area contributed by atoms with Gasteiger partial charge < -0.3 is 10.6 Å². The van der Waals surface area contributed by atoms with Gasteiger partial charge in [-0.2, -0.15) is 5.10 Å². The van der Waals surface area contributed by atoms with Crippen molar-refractivity contribution in [2.24, 2.45) is 0 Å². The highest BCUT2D eigenvalue weighted by atomic mass is 35.5. The Morgan fingerprint density at radius 3 is 2.61 bits per heavy atom. The van der Waals surface area contributed by atoms with E-state index in [1.165, 1.54) is 0 Å². The number of benzene rings is 1. The first-order valence-corrected chi connectivity index (χ1v) is 13.0. The first-order chi connectivity index (χ1) is 15.9. The lowest BCUT2D eigenvalue weighted by molar-refractivity contribution is -0.126. The van der Waals surface area contributed by atoms with Crippen molar-refractivity contribution >= 4 is 46.1 Å². The SMILES string of the molecule is CCSc1nc(NC(C)C)c2cnn(CCNC(=O)C3(c4ccc(Cl)cc4)CCCC3)c2n1. The molecule has 1 aliphatic carbocycles. The molecular formula is C24H31ClN6OS. The smallest absolute Gasteiger partial charge is 0.230 e. The fourth-order valence-corrected chi connectivity index (χ4v) is 5.21. The van der Waals surface area contributed by atoms with Crippen molar-refractivity contribution < 1.29 is 4.79 Å². The number of carbonyl (C=O) groups excluding carboxylic acids is 1. The lowest BCUT2D eigenvalue weighted by atomic mass is 9.78. The summed E-state index contributed by atoms with van der Waals surface area (Å²) in [6, 6.07) is 7.96. The van der Waals surface area contributed by atoms with Crippen molar-refractivity contribution in [2.45, 2.75) is 69.6 Å². The van der Waals surface area contributed by atoms with Crippen LogP contribution in [0.2, 0.25) is 5.02 Å². The van der Waals surface area contributed by atoms with E-state index in [2.05, 4.69) is 41.5 Å². The van der Waals surface area contributed by atoms with Crippen LogP contribution in [-0.2, 0) is 16.8 Å². The van der Waals surface area contributed by atoms with Crippen LogP contribution in [0.25, 0.3) is 11.0 Å². The molecule has 2 aromatic heterocycles. The highest BCUT2D eigenvalue weighted by Gasteiger charge is 2.42. The van der Waals surface area contributed by atoms with E-state index in [1.807, 2.05) is 28.9 Å². The van der Waals surface area contributed by atoms with Crippen molar-refractivity contribution in [2.75, 3.05) is 17.6 Å². The number of aromatic nitrogens is 4. The lowest BCUT2D eigenvalue weighted by Gasteiger charge is -2.28. The number of hydrogen-bond acceptors (Lipinski definition) is 6. The second kappa shape index (κ2) is 10.3. The molecule has 0 atom stereocenters. The van der Waals surface area contributed by atoms with E-state index in [0.29, 0.717) is 18.1 Å². The van der Waals surface area contributed by atoms with E-state index in [9.17, 15) is 4.79 Å². The lowest BCUT2D eigenvalue weighted by Crippen LogP contribution is -2.43. The van der Waals surface area contributed by atoms with Gasteiger partial charge in [0.2, 0.25) is 5.91 Å². The number of amides is 1. The fraction of sp³-hybridized carbons (Fsp3) is 0.500. The number of fused-ring (bicyclic) bond motifs is 1. The van der Waals surface area contributed by atoms with Crippen LogP contribution in [0, 0.1) is 0 Å². The summed E-state index contributed by atoms with van der Waals surface area (Å²) in [5.41, 5.74) is 1.36. The van der Waals surface area contributed by atoms with Crippen molar-refractivity contribution in [3.05, 3.63) is 41.0 Å². The van der Waals surface area contributed by atoms with Crippen molar-refractivity contribution in [3.63, 3.8) is 0 Å². The maximum absolute atomic E-state index is 13.3. The molecule has 4 rings (SSSR count). The summed E-state index contributed by atoms with van der Waals surface area (Å²) in [5, 5.41) is 13.4. The van der Waals surface area contributed by atoms with Gasteiger partial charge in [-0.25, -0.2) is 14.6 Å². The third kappa shape index (κ3) is 5.11. The second-order valence-corrected chi connectivity index (χ2v) is 10.4. The van der Waals surface area contributed by atoms with Crippen molar-refractivity contribution in [1.82, 2.24) is 25.1 Å². The zero-order valence-corrected chi connectivity index (χ0v) is 21.0. The van der Waals surface area contributed by atoms with Gasteiger partial charge in [0, 0.05) is 17.6 Å². The van der Waals surface area contributed by atoms with Gasteiger partial charge in [0.25, 0.3) is 0 Å². The van der Waals surface area contributed by atoms with Crippen LogP contribution in [0.15, 0.2) is 35.6 Å². The molecule has 9 heteroatoms. The van der Waals surface area contributed by atoms with Crippen LogP contribution in [0.5, 0.6) is 0 Å². The predicted molar refractivity (Wildman–Crippen MR) is 135 cm³/mol. The molecule has 33 heavy (non-hydrogen) atoms. The Morgan fingerprint density at radius 2 is 1.94 bits per heavy atom. The van der Waals surface area contributed by atoms with E-state index in [4.69, 9.17) is 16.6 Å². The summed E-state index contributed by atoms with van der Waals surface area (Å²) in [6.45, 7) is 7.28. The third-order valence-electron chi connectivity index (χ3n) is 6.07. The Balaban J connectivity index is 1.50. The monoisotopic (exact) mass is 486 g/mol. The third-order valence-corrected chi connectivity index (χ3v) is 7.05. The minimum Gasteiger partial charge on any atom is -0.367 e. The largest absolute Gasteiger partial charge is 0.367 e. The predicted octanol–water partition coefficient (Wildman–Crippen LogP) is 5.04. The normalized spacial score (nSPS) is 15.3. The first kappa shape index (κ1) is 23.8. The van der Waals surface area contributed by atoms with E-state index in [0.717, 1.165) is 59.0 Å². The number of halogens is 1. The minimum atomic E-state index is -0.474. The summed E-state index contributed by atoms with van der Waals surface area (Å²) >= 11 is 7.68. The number of carbonyl (C=O) groups is 1. The Kier molecular flexibility index (Phi) is 7.44. The molecule has 2 heterocycles. The summed E-state index contributed by atoms with van der Waals surface area (Å²) < 4.78 is 1.85. The number of thioether (sulfide) groups is 1. The molecule has 3 aromatic rings. The molecule has 0 aliphatic heterocycles. The molecule has 1 saturated carbocycles. The molecule has 0 unspecified atom stereocenters. The van der Waals surface area contributed by atoms with Gasteiger partial charge in [0.1, 0.15) is 5.82 Å². The molecule has 1 fully saturated rings. The molecule has 1 aromatic carbocycles. The summed E-state index contributed by atoms with van der Waals surface area (Å²) in [5.74, 6) is 1.77. The quantitative estimate of drug-likeness (QED) is 0.325. The van der Waals surface area contributed by atoms with E-state index in [1.54, 1.807) is 18.0 Å². The molecule has 0 bridgehead atoms. The van der Waals surface area contributed by atoms with Crippen LogP contribution < -0.4 is 10.6 Å². The molecule has 0 radical (unpaired) electrons. The van der Waals surface area contributed by atoms with Crippen molar-refractivity contribution in [3.8, 4) is 0 Å². The zero-order chi connectivity index (χ0) is 23.4. The van der Waals surface area contributed by atoms with Gasteiger partial charge in [-0.05, 0) is 50.1 Å². The molecule has 176 valence electrons. The second-order valence-electron chi connectivity index (χ2n) is 8.74. The van der Waals surface area contributed by atoms with Crippen LogP contribution in [-0.4, -0.2) is 44.0 Å². The standard InChI is InChI=1S/C24H31ClN6OS/c1-4-33-23-29-20(28-16(2)3)19-15-27-31(21(19)30-23)14-13-26-22(32)24(11-5-6-12-24)17-7-9-18(25)10-8-17/h7-10,15-16H,4-6,11-14H2,1-3H3,(H,26,32)(H,28,29,30). The maximum atomic E-state index is 13.3. The topological polar surface area (TPSA) is 84.7 Å². The number of anilines is 1. The number of nitrogens with zero attached hydrogens (tertiary/aromatic N) is 4. The molecule has 0 saturated heterocycles. The average Bonchev–Trinajstić information content (AvgIpc) is 3.43. The van der Waals surface area contributed by atoms with Crippen molar-refractivity contribution in [1.29, 1.82) is 0 Å². The average molecular weight is 487 g/mol. The number of rotatable bonds is 9. The molecule has 1 aliphatic rings. The van der Waals surface area contributed by atoms with Crippen LogP contribution in [0.1, 0.15) is 52.0 Å². The molecule has 1 amide bonds. The summed E-state index contributed by atoms with van der Waals surface area (Å²) in [7, 11) is 0. The maximum Gasteiger partial charge on any atom is 0.230 e. The van der Waals surface area contributed by atoms with Crippen LogP contribution >= 0.6 is 23.4 Å². The van der Waals surface area contributed by atoms with Gasteiger partial charge in [-0.3, -0.25) is 4.79 Å². The Hall–Kier alpha value is -2.32. The molecule has 7 nitrogen and oxygen atoms in total. The molecule has 0 spiro atoms. The Bertz CT molecular complexity index is 1110. The number of nitrogens with one attached hydrogen (secondary N) is 2. The van der Waals surface area contributed by atoms with E-state index < -0.39 is 5.41 Å². The summed E-state index contributed by atoms with van der Waals surface area (Å²) in [4.78, 5) is 22.7. The van der Waals surface area contributed by atoms with Gasteiger partial charge in [-0.1, -0.05) is 55.3 Å². The highest BCUT2D eigenvalue weighted by molar-refractivity contribution is 7.99. The highest BCUT2D eigenvalue weighted by Crippen LogP contribution is 2.41. The summed E-state index contributed by atoms with van der Waals surface area (Å²) in [6.07, 6.45) is 5.63. The minimum absolute atomic E-state index is 0.0813. The molecular weight excluding hydrogens is 456 g/mol. The van der Waals surface area contributed by atoms with E-state index in [-0.39, 0.29) is 11.9 Å². The van der Waals surface area contributed by atoms with Gasteiger partial charge in [-0.15, -0.1) is 0 Å².